The summed E-state index contributed by atoms with van der Waals surface area (Å²) < 4.78 is 10.6. The average Bonchev–Trinajstić information content (AvgIpc) is 3.09. The summed E-state index contributed by atoms with van der Waals surface area (Å²) in [5.41, 5.74) is 1.99. The molecular weight excluding hydrogens is 374 g/mol. The Morgan fingerprint density at radius 3 is 2.96 bits per heavy atom. The molecule has 0 bridgehead atoms. The number of ether oxygens (including phenoxy) is 2. The lowest BCUT2D eigenvalue weighted by Crippen LogP contribution is -2.11. The van der Waals surface area contributed by atoms with Crippen LogP contribution in [0.5, 0.6) is 11.5 Å². The van der Waals surface area contributed by atoms with Crippen LogP contribution < -0.4 is 15.0 Å². The van der Waals surface area contributed by atoms with Crippen molar-refractivity contribution in [2.75, 3.05) is 13.7 Å². The Balaban J connectivity index is 1.64. The Labute approximate surface area is 166 Å². The number of rotatable bonds is 5. The van der Waals surface area contributed by atoms with Gasteiger partial charge in [-0.1, -0.05) is 12.1 Å². The number of hydrogen-bond donors (Lipinski definition) is 1. The van der Waals surface area contributed by atoms with E-state index in [4.69, 9.17) is 14.7 Å². The van der Waals surface area contributed by atoms with Gasteiger partial charge in [-0.15, -0.1) is 11.3 Å². The molecule has 0 fully saturated rings. The number of hydrogen-bond acceptors (Lipinski definition) is 6. The van der Waals surface area contributed by atoms with E-state index in [-0.39, 0.29) is 12.2 Å². The van der Waals surface area contributed by atoms with Crippen molar-refractivity contribution in [3.8, 4) is 17.6 Å². The maximum absolute atomic E-state index is 12.6. The summed E-state index contributed by atoms with van der Waals surface area (Å²) in [7, 11) is 1.55. The highest BCUT2D eigenvalue weighted by Crippen LogP contribution is 2.33. The van der Waals surface area contributed by atoms with Gasteiger partial charge in [0.1, 0.15) is 16.7 Å². The first-order chi connectivity index (χ1) is 13.7. The van der Waals surface area contributed by atoms with Gasteiger partial charge in [0.05, 0.1) is 12.5 Å². The minimum atomic E-state index is -0.0677. The van der Waals surface area contributed by atoms with Crippen molar-refractivity contribution >= 4 is 33.7 Å². The summed E-state index contributed by atoms with van der Waals surface area (Å²) in [5.74, 6) is 1.58. The van der Waals surface area contributed by atoms with Crippen LogP contribution in [-0.2, 0) is 12.8 Å². The van der Waals surface area contributed by atoms with E-state index in [0.29, 0.717) is 17.3 Å². The molecule has 0 amide bonds. The van der Waals surface area contributed by atoms with Gasteiger partial charge in [0.15, 0.2) is 18.1 Å². The third kappa shape index (κ3) is 3.51. The van der Waals surface area contributed by atoms with E-state index >= 15 is 0 Å². The fraction of sp³-hybridized carbons (Fsp3) is 0.286. The number of nitrogens with zero attached hydrogens (tertiary/aromatic N) is 2. The third-order valence-corrected chi connectivity index (χ3v) is 5.94. The van der Waals surface area contributed by atoms with E-state index < -0.39 is 0 Å². The van der Waals surface area contributed by atoms with E-state index in [2.05, 4.69) is 9.97 Å². The van der Waals surface area contributed by atoms with Crippen molar-refractivity contribution < 1.29 is 9.47 Å². The molecule has 0 saturated heterocycles. The highest BCUT2D eigenvalue weighted by molar-refractivity contribution is 7.18. The fourth-order valence-electron chi connectivity index (χ4n) is 3.45. The number of aryl methyl sites for hydroxylation is 2. The van der Waals surface area contributed by atoms with Crippen molar-refractivity contribution in [1.82, 2.24) is 9.97 Å². The molecule has 1 aromatic carbocycles. The van der Waals surface area contributed by atoms with Crippen molar-refractivity contribution in [3.63, 3.8) is 0 Å². The molecule has 2 heterocycles. The minimum Gasteiger partial charge on any atom is -0.493 e. The summed E-state index contributed by atoms with van der Waals surface area (Å²) in [5, 5.41) is 9.41. The molecule has 0 unspecified atom stereocenters. The first-order valence-electron chi connectivity index (χ1n) is 9.10. The van der Waals surface area contributed by atoms with Gasteiger partial charge in [0.2, 0.25) is 0 Å². The zero-order chi connectivity index (χ0) is 19.5. The van der Waals surface area contributed by atoms with E-state index in [9.17, 15) is 4.79 Å². The van der Waals surface area contributed by atoms with Gasteiger partial charge in [-0.05, 0) is 55.0 Å². The number of aromatic nitrogens is 2. The predicted molar refractivity (Wildman–Crippen MR) is 110 cm³/mol. The van der Waals surface area contributed by atoms with E-state index in [1.54, 1.807) is 30.6 Å². The predicted octanol–water partition coefficient (Wildman–Crippen LogP) is 3.94. The minimum absolute atomic E-state index is 0.0402. The standard InChI is InChI=1S/C21H19N3O3S/c1-26-16-12-13(6-8-15(16)27-11-10-22)7-9-18-23-20(25)19-14-4-2-3-5-17(14)28-21(19)24-18/h6-9,12H,2-5,11H2,1H3,(H,23,24,25)/b9-7+. The van der Waals surface area contributed by atoms with E-state index in [1.165, 1.54) is 16.9 Å². The number of aromatic amines is 1. The second kappa shape index (κ2) is 7.87. The number of benzene rings is 1. The smallest absolute Gasteiger partial charge is 0.260 e. The van der Waals surface area contributed by atoms with Gasteiger partial charge < -0.3 is 14.5 Å². The van der Waals surface area contributed by atoms with Crippen LogP contribution in [0.2, 0.25) is 0 Å². The first kappa shape index (κ1) is 18.3. The van der Waals surface area contributed by atoms with Gasteiger partial charge in [-0.2, -0.15) is 5.26 Å². The third-order valence-electron chi connectivity index (χ3n) is 4.76. The zero-order valence-corrected chi connectivity index (χ0v) is 16.3. The fourth-order valence-corrected chi connectivity index (χ4v) is 4.72. The van der Waals surface area contributed by atoms with Crippen LogP contribution >= 0.6 is 11.3 Å². The van der Waals surface area contributed by atoms with Crippen molar-refractivity contribution in [2.24, 2.45) is 0 Å². The molecular formula is C21H19N3O3S. The number of nitrogens with one attached hydrogen (secondary N) is 1. The van der Waals surface area contributed by atoms with Crippen molar-refractivity contribution in [2.45, 2.75) is 25.7 Å². The van der Waals surface area contributed by atoms with Gasteiger partial charge >= 0.3 is 0 Å². The van der Waals surface area contributed by atoms with Gasteiger partial charge in [-0.25, -0.2) is 4.98 Å². The van der Waals surface area contributed by atoms with Gasteiger partial charge in [-0.3, -0.25) is 4.79 Å². The summed E-state index contributed by atoms with van der Waals surface area (Å²) in [6.07, 6.45) is 7.96. The SMILES string of the molecule is COc1cc(/C=C/c2nc3sc4c(c3c(=O)[nH]2)CCCC4)ccc1OCC#N. The normalized spacial score (nSPS) is 13.4. The van der Waals surface area contributed by atoms with Crippen molar-refractivity contribution in [1.29, 1.82) is 5.26 Å². The van der Waals surface area contributed by atoms with Crippen LogP contribution in [0.25, 0.3) is 22.4 Å². The van der Waals surface area contributed by atoms with Crippen LogP contribution in [0.1, 0.15) is 34.7 Å². The lowest BCUT2D eigenvalue weighted by Gasteiger charge is -2.09. The quantitative estimate of drug-likeness (QED) is 0.709. The Hall–Kier alpha value is -3.11. The molecule has 0 aliphatic heterocycles. The molecule has 1 aliphatic rings. The molecule has 1 N–H and O–H groups in total. The van der Waals surface area contributed by atoms with Crippen LogP contribution in [0.4, 0.5) is 0 Å². The molecule has 0 atom stereocenters. The molecule has 3 aromatic rings. The molecule has 28 heavy (non-hydrogen) atoms. The average molecular weight is 393 g/mol. The molecule has 7 heteroatoms. The van der Waals surface area contributed by atoms with E-state index in [1.807, 2.05) is 24.3 Å². The summed E-state index contributed by atoms with van der Waals surface area (Å²) >= 11 is 1.64. The lowest BCUT2D eigenvalue weighted by molar-refractivity contribution is 0.329. The zero-order valence-electron chi connectivity index (χ0n) is 15.4. The number of nitriles is 1. The first-order valence-corrected chi connectivity index (χ1v) is 9.91. The molecule has 142 valence electrons. The number of fused-ring (bicyclic) bond motifs is 3. The highest BCUT2D eigenvalue weighted by atomic mass is 32.1. The number of thiophene rings is 1. The van der Waals surface area contributed by atoms with Crippen LogP contribution in [0.15, 0.2) is 23.0 Å². The molecule has 1 aliphatic carbocycles. The maximum atomic E-state index is 12.6. The Morgan fingerprint density at radius 1 is 1.29 bits per heavy atom. The largest absolute Gasteiger partial charge is 0.493 e. The summed E-state index contributed by atoms with van der Waals surface area (Å²) in [4.78, 5) is 22.2. The van der Waals surface area contributed by atoms with E-state index in [0.717, 1.165) is 35.0 Å². The maximum Gasteiger partial charge on any atom is 0.260 e. The Kier molecular flexibility index (Phi) is 5.13. The summed E-state index contributed by atoms with van der Waals surface area (Å²) in [6.45, 7) is -0.0402. The van der Waals surface area contributed by atoms with Crippen LogP contribution in [0, 0.1) is 11.3 Å². The second-order valence-corrected chi connectivity index (χ2v) is 7.62. The van der Waals surface area contributed by atoms with Gasteiger partial charge in [0.25, 0.3) is 5.56 Å². The molecule has 6 nitrogen and oxygen atoms in total. The summed E-state index contributed by atoms with van der Waals surface area (Å²) in [6, 6.07) is 7.35. The Bertz CT molecular complexity index is 1150. The lowest BCUT2D eigenvalue weighted by atomic mass is 9.97. The molecule has 0 radical (unpaired) electrons. The van der Waals surface area contributed by atoms with Crippen LogP contribution in [-0.4, -0.2) is 23.7 Å². The number of H-pyrrole nitrogens is 1. The molecule has 2 aromatic heterocycles. The topological polar surface area (TPSA) is 88.0 Å². The van der Waals surface area contributed by atoms with Gasteiger partial charge in [0, 0.05) is 4.88 Å². The monoisotopic (exact) mass is 393 g/mol. The Morgan fingerprint density at radius 2 is 2.14 bits per heavy atom. The van der Waals surface area contributed by atoms with Crippen molar-refractivity contribution in [3.05, 3.63) is 50.4 Å². The number of methoxy groups -OCH3 is 1. The molecule has 0 spiro atoms. The molecule has 4 rings (SSSR count). The van der Waals surface area contributed by atoms with Crippen LogP contribution in [0.3, 0.4) is 0 Å². The second-order valence-electron chi connectivity index (χ2n) is 6.53. The highest BCUT2D eigenvalue weighted by Gasteiger charge is 2.19. The molecule has 0 saturated carbocycles.